The second-order valence-corrected chi connectivity index (χ2v) is 11.2. The van der Waals surface area contributed by atoms with Crippen molar-refractivity contribution in [3.05, 3.63) is 75.0 Å². The number of aromatic nitrogens is 2. The Morgan fingerprint density at radius 3 is 2.69 bits per heavy atom. The predicted molar refractivity (Wildman–Crippen MR) is 149 cm³/mol. The number of aryl methyl sites for hydroxylation is 3. The van der Waals surface area contributed by atoms with Crippen LogP contribution in [0.4, 0.5) is 17.3 Å². The molecule has 1 amide bonds. The number of carbonyl (C=O) groups excluding carboxylic acids is 1. The van der Waals surface area contributed by atoms with Crippen molar-refractivity contribution < 1.29 is 4.79 Å². The van der Waals surface area contributed by atoms with E-state index < -0.39 is 5.41 Å². The van der Waals surface area contributed by atoms with Crippen molar-refractivity contribution in [1.29, 1.82) is 0 Å². The zero-order chi connectivity index (χ0) is 25.3. The van der Waals surface area contributed by atoms with Crippen LogP contribution in [0, 0.1) is 0 Å². The summed E-state index contributed by atoms with van der Waals surface area (Å²) in [6.45, 7) is 8.36. The lowest BCUT2D eigenvalue weighted by Crippen LogP contribution is -2.27. The predicted octanol–water partition coefficient (Wildman–Crippen LogP) is 6.03. The fourth-order valence-corrected chi connectivity index (χ4v) is 5.88. The molecule has 0 radical (unpaired) electrons. The minimum Gasteiger partial charge on any atom is -0.325 e. The van der Waals surface area contributed by atoms with Crippen LogP contribution in [0.1, 0.15) is 67.5 Å². The number of carbonyl (C=O) groups is 1. The number of nitrogens with zero attached hydrogens (tertiary/aromatic N) is 2. The van der Waals surface area contributed by atoms with E-state index in [9.17, 15) is 4.79 Å². The van der Waals surface area contributed by atoms with Crippen LogP contribution < -0.4 is 16.0 Å². The summed E-state index contributed by atoms with van der Waals surface area (Å²) in [7, 11) is 0. The van der Waals surface area contributed by atoms with Gasteiger partial charge in [0.15, 0.2) is 0 Å². The highest BCUT2D eigenvalue weighted by atomic mass is 79.9. The lowest BCUT2D eigenvalue weighted by Gasteiger charge is -2.24. The van der Waals surface area contributed by atoms with E-state index in [1.165, 1.54) is 29.5 Å². The van der Waals surface area contributed by atoms with E-state index in [1.54, 1.807) is 0 Å². The van der Waals surface area contributed by atoms with Crippen LogP contribution in [-0.2, 0) is 29.5 Å². The molecule has 1 fully saturated rings. The monoisotopic (exact) mass is 547 g/mol. The zero-order valence-electron chi connectivity index (χ0n) is 21.2. The van der Waals surface area contributed by atoms with Gasteiger partial charge in [0.25, 0.3) is 0 Å². The third kappa shape index (κ3) is 4.91. The molecule has 0 atom stereocenters. The lowest BCUT2D eigenvalue weighted by molar-refractivity contribution is -0.119. The third-order valence-corrected chi connectivity index (χ3v) is 8.27. The average molecular weight is 549 g/mol. The summed E-state index contributed by atoms with van der Waals surface area (Å²) >= 11 is 3.64. The van der Waals surface area contributed by atoms with Gasteiger partial charge >= 0.3 is 0 Å². The first-order valence-electron chi connectivity index (χ1n) is 12.9. The Kier molecular flexibility index (Phi) is 7.13. The molecule has 5 rings (SSSR count). The summed E-state index contributed by atoms with van der Waals surface area (Å²) in [5.41, 5.74) is 7.41. The van der Waals surface area contributed by atoms with Gasteiger partial charge < -0.3 is 16.0 Å². The number of benzene rings is 2. The van der Waals surface area contributed by atoms with E-state index in [1.807, 2.05) is 32.2 Å². The summed E-state index contributed by atoms with van der Waals surface area (Å²) in [5.74, 6) is 1.29. The molecule has 7 heteroatoms. The van der Waals surface area contributed by atoms with Crippen molar-refractivity contribution in [2.24, 2.45) is 0 Å². The van der Waals surface area contributed by atoms with Crippen molar-refractivity contribution in [3.63, 3.8) is 0 Å². The molecule has 1 saturated heterocycles. The number of halogens is 1. The summed E-state index contributed by atoms with van der Waals surface area (Å²) in [4.78, 5) is 21.9. The van der Waals surface area contributed by atoms with E-state index in [0.717, 1.165) is 59.5 Å². The van der Waals surface area contributed by atoms with Gasteiger partial charge in [-0.15, -0.1) is 0 Å². The normalized spacial score (nSPS) is 17.1. The van der Waals surface area contributed by atoms with Crippen molar-refractivity contribution >= 4 is 39.2 Å². The number of piperidine rings is 1. The SMILES string of the molecule is CCc1cc(C2CCNCC2)ccc1Nc1ncc(Br)c(CCc2cccc3c2C(C)(C)C(=O)N3)n1. The largest absolute Gasteiger partial charge is 0.325 e. The minimum absolute atomic E-state index is 0.0533. The molecule has 3 heterocycles. The van der Waals surface area contributed by atoms with Crippen LogP contribution in [0.2, 0.25) is 0 Å². The Balaban J connectivity index is 1.34. The summed E-state index contributed by atoms with van der Waals surface area (Å²) in [5, 5.41) is 9.95. The molecule has 3 N–H and O–H groups in total. The Hall–Kier alpha value is -2.77. The third-order valence-electron chi connectivity index (χ3n) is 7.61. The first-order valence-corrected chi connectivity index (χ1v) is 13.7. The highest BCUT2D eigenvalue weighted by molar-refractivity contribution is 9.10. The van der Waals surface area contributed by atoms with E-state index in [4.69, 9.17) is 4.98 Å². The maximum absolute atomic E-state index is 12.5. The quantitative estimate of drug-likeness (QED) is 0.336. The maximum atomic E-state index is 12.5. The maximum Gasteiger partial charge on any atom is 0.234 e. The molecule has 1 aromatic heterocycles. The van der Waals surface area contributed by atoms with Crippen molar-refractivity contribution in [1.82, 2.24) is 15.3 Å². The minimum atomic E-state index is -0.529. The summed E-state index contributed by atoms with van der Waals surface area (Å²) < 4.78 is 0.894. The first kappa shape index (κ1) is 24.9. The van der Waals surface area contributed by atoms with E-state index in [2.05, 4.69) is 68.1 Å². The molecular formula is C29H34BrN5O. The standard InChI is InChI=1S/C29H34BrN5O/c1-4-18-16-21(19-12-14-31-15-13-19)9-10-23(18)34-28-32-17-22(30)24(35-28)11-8-20-6-5-7-25-26(20)29(2,3)27(36)33-25/h5-7,9-10,16-17,19,31H,4,8,11-15H2,1-3H3,(H,33,36)(H,32,34,35). The molecule has 0 spiro atoms. The van der Waals surface area contributed by atoms with Gasteiger partial charge in [0, 0.05) is 17.6 Å². The van der Waals surface area contributed by atoms with Gasteiger partial charge in [-0.25, -0.2) is 9.97 Å². The Morgan fingerprint density at radius 1 is 1.11 bits per heavy atom. The number of anilines is 3. The topological polar surface area (TPSA) is 78.9 Å². The highest BCUT2D eigenvalue weighted by Crippen LogP contribution is 2.40. The van der Waals surface area contributed by atoms with Crippen LogP contribution in [0.5, 0.6) is 0 Å². The lowest BCUT2D eigenvalue weighted by atomic mass is 9.82. The molecule has 6 nitrogen and oxygen atoms in total. The van der Waals surface area contributed by atoms with E-state index in [0.29, 0.717) is 11.9 Å². The van der Waals surface area contributed by atoms with Crippen molar-refractivity contribution in [2.45, 2.75) is 64.2 Å². The van der Waals surface area contributed by atoms with Crippen molar-refractivity contribution in [2.75, 3.05) is 23.7 Å². The van der Waals surface area contributed by atoms with Gasteiger partial charge in [0.1, 0.15) is 0 Å². The molecule has 0 aliphatic carbocycles. The van der Waals surface area contributed by atoms with Gasteiger partial charge in [-0.05, 0) is 115 Å². The second kappa shape index (κ2) is 10.3. The Morgan fingerprint density at radius 2 is 1.92 bits per heavy atom. The molecular weight excluding hydrogens is 514 g/mol. The average Bonchev–Trinajstić information content (AvgIpc) is 3.13. The fourth-order valence-electron chi connectivity index (χ4n) is 5.49. The van der Waals surface area contributed by atoms with Gasteiger partial charge in [-0.2, -0.15) is 0 Å². The van der Waals surface area contributed by atoms with Crippen LogP contribution >= 0.6 is 15.9 Å². The Bertz CT molecular complexity index is 1280. The van der Waals surface area contributed by atoms with Crippen LogP contribution in [0.15, 0.2) is 47.1 Å². The second-order valence-electron chi connectivity index (χ2n) is 10.3. The molecule has 3 aromatic rings. The smallest absolute Gasteiger partial charge is 0.234 e. The van der Waals surface area contributed by atoms with E-state index in [-0.39, 0.29) is 5.91 Å². The number of hydrogen-bond acceptors (Lipinski definition) is 5. The molecule has 36 heavy (non-hydrogen) atoms. The van der Waals surface area contributed by atoms with Gasteiger partial charge in [0.05, 0.1) is 15.6 Å². The molecule has 0 bridgehead atoms. The van der Waals surface area contributed by atoms with Crippen molar-refractivity contribution in [3.8, 4) is 0 Å². The fraction of sp³-hybridized carbons (Fsp3) is 0.414. The van der Waals surface area contributed by atoms with Gasteiger partial charge in [-0.3, -0.25) is 4.79 Å². The summed E-state index contributed by atoms with van der Waals surface area (Å²) in [6.07, 6.45) is 6.70. The van der Waals surface area contributed by atoms with Crippen LogP contribution in [-0.4, -0.2) is 29.0 Å². The number of rotatable bonds is 7. The number of amides is 1. The zero-order valence-corrected chi connectivity index (χ0v) is 22.8. The molecule has 2 aliphatic heterocycles. The highest BCUT2D eigenvalue weighted by Gasteiger charge is 2.39. The first-order chi connectivity index (χ1) is 17.4. The number of hydrogen-bond donors (Lipinski definition) is 3. The Labute approximate surface area is 221 Å². The molecule has 188 valence electrons. The molecule has 0 saturated carbocycles. The van der Waals surface area contributed by atoms with Gasteiger partial charge in [0.2, 0.25) is 11.9 Å². The number of nitrogens with one attached hydrogen (secondary N) is 3. The molecule has 2 aliphatic rings. The summed E-state index contributed by atoms with van der Waals surface area (Å²) in [6, 6.07) is 12.9. The van der Waals surface area contributed by atoms with Crippen LogP contribution in [0.3, 0.4) is 0 Å². The van der Waals surface area contributed by atoms with Crippen LogP contribution in [0.25, 0.3) is 0 Å². The molecule has 0 unspecified atom stereocenters. The molecule has 2 aromatic carbocycles. The number of fused-ring (bicyclic) bond motifs is 1. The van der Waals surface area contributed by atoms with Gasteiger partial charge in [-0.1, -0.05) is 31.2 Å². The van der Waals surface area contributed by atoms with E-state index >= 15 is 0 Å².